The summed E-state index contributed by atoms with van der Waals surface area (Å²) >= 11 is 9.58. The van der Waals surface area contributed by atoms with E-state index >= 15 is 0 Å². The van der Waals surface area contributed by atoms with Crippen molar-refractivity contribution in [2.45, 2.75) is 13.0 Å². The Labute approximate surface area is 137 Å². The predicted octanol–water partition coefficient (Wildman–Crippen LogP) is 4.95. The summed E-state index contributed by atoms with van der Waals surface area (Å²) in [5.41, 5.74) is 1.68. The van der Waals surface area contributed by atoms with Crippen LogP contribution in [0.25, 0.3) is 0 Å². The maximum Gasteiger partial charge on any atom is 0.142 e. The van der Waals surface area contributed by atoms with E-state index in [1.54, 1.807) is 6.07 Å². The Balaban J connectivity index is 2.42. The van der Waals surface area contributed by atoms with E-state index in [1.807, 2.05) is 38.2 Å². The maximum absolute atomic E-state index is 13.6. The lowest BCUT2D eigenvalue weighted by Gasteiger charge is -2.20. The summed E-state index contributed by atoms with van der Waals surface area (Å²) in [7, 11) is 1.82. The summed E-state index contributed by atoms with van der Waals surface area (Å²) in [6, 6.07) is 10.4. The van der Waals surface area contributed by atoms with Crippen LogP contribution in [0.5, 0.6) is 5.75 Å². The van der Waals surface area contributed by atoms with E-state index in [0.717, 1.165) is 15.8 Å². The largest absolute Gasteiger partial charge is 0.493 e. The van der Waals surface area contributed by atoms with Gasteiger partial charge >= 0.3 is 0 Å². The molecule has 0 amide bonds. The Hall–Kier alpha value is -1.10. The topological polar surface area (TPSA) is 21.3 Å². The third-order valence-electron chi connectivity index (χ3n) is 3.17. The number of halogens is 3. The summed E-state index contributed by atoms with van der Waals surface area (Å²) in [6.45, 7) is 2.53. The molecule has 112 valence electrons. The van der Waals surface area contributed by atoms with Gasteiger partial charge in [0.05, 0.1) is 22.1 Å². The molecule has 0 aliphatic heterocycles. The number of rotatable bonds is 5. The normalized spacial score (nSPS) is 12.2. The number of nitrogens with one attached hydrogen (secondary N) is 1. The second-order valence-corrected chi connectivity index (χ2v) is 5.72. The Morgan fingerprint density at radius 3 is 2.71 bits per heavy atom. The first kappa shape index (κ1) is 16.3. The minimum Gasteiger partial charge on any atom is -0.493 e. The average Bonchev–Trinajstić information content (AvgIpc) is 2.47. The van der Waals surface area contributed by atoms with Gasteiger partial charge in [-0.3, -0.25) is 0 Å². The fourth-order valence-corrected chi connectivity index (χ4v) is 2.96. The van der Waals surface area contributed by atoms with Gasteiger partial charge in [0.1, 0.15) is 11.6 Å². The molecule has 0 aliphatic rings. The van der Waals surface area contributed by atoms with Crippen LogP contribution in [0.3, 0.4) is 0 Å². The second kappa shape index (κ2) is 7.25. The van der Waals surface area contributed by atoms with Gasteiger partial charge in [-0.2, -0.15) is 0 Å². The molecular weight excluding hydrogens is 357 g/mol. The van der Waals surface area contributed by atoms with Crippen LogP contribution in [0.15, 0.2) is 40.9 Å². The summed E-state index contributed by atoms with van der Waals surface area (Å²) in [6.07, 6.45) is 0. The maximum atomic E-state index is 13.6. The van der Waals surface area contributed by atoms with Gasteiger partial charge in [0, 0.05) is 0 Å². The van der Waals surface area contributed by atoms with Gasteiger partial charge < -0.3 is 10.1 Å². The van der Waals surface area contributed by atoms with Crippen LogP contribution in [0.2, 0.25) is 5.02 Å². The minimum absolute atomic E-state index is 0.141. The molecule has 1 atom stereocenters. The highest BCUT2D eigenvalue weighted by Gasteiger charge is 2.18. The third kappa shape index (κ3) is 3.57. The molecular formula is C16H16BrClFNO. The van der Waals surface area contributed by atoms with Gasteiger partial charge in [-0.25, -0.2) is 4.39 Å². The molecule has 2 aromatic rings. The molecule has 0 saturated carbocycles. The summed E-state index contributed by atoms with van der Waals surface area (Å²) in [5.74, 6) is 0.362. The molecule has 0 aromatic heterocycles. The molecule has 0 bridgehead atoms. The van der Waals surface area contributed by atoms with E-state index in [9.17, 15) is 4.39 Å². The predicted molar refractivity (Wildman–Crippen MR) is 87.6 cm³/mol. The van der Waals surface area contributed by atoms with Crippen molar-refractivity contribution in [2.24, 2.45) is 0 Å². The molecule has 0 fully saturated rings. The molecule has 0 aliphatic carbocycles. The highest BCUT2D eigenvalue weighted by atomic mass is 79.9. The summed E-state index contributed by atoms with van der Waals surface area (Å²) < 4.78 is 20.0. The van der Waals surface area contributed by atoms with E-state index in [0.29, 0.717) is 12.2 Å². The molecule has 1 unspecified atom stereocenters. The molecule has 0 radical (unpaired) electrons. The molecule has 2 rings (SSSR count). The Morgan fingerprint density at radius 2 is 2.10 bits per heavy atom. The lowest BCUT2D eigenvalue weighted by molar-refractivity contribution is 0.338. The van der Waals surface area contributed by atoms with Crippen LogP contribution in [-0.4, -0.2) is 13.7 Å². The van der Waals surface area contributed by atoms with Crippen LogP contribution in [-0.2, 0) is 0 Å². The highest BCUT2D eigenvalue weighted by Crippen LogP contribution is 2.34. The van der Waals surface area contributed by atoms with Gasteiger partial charge in [-0.05, 0) is 59.2 Å². The Kier molecular flexibility index (Phi) is 5.62. The first-order valence-corrected chi connectivity index (χ1v) is 7.79. The first-order valence-electron chi connectivity index (χ1n) is 6.61. The summed E-state index contributed by atoms with van der Waals surface area (Å²) in [5, 5.41) is 3.31. The van der Waals surface area contributed by atoms with E-state index in [1.165, 1.54) is 6.07 Å². The molecule has 1 N–H and O–H groups in total. The van der Waals surface area contributed by atoms with Crippen molar-refractivity contribution >= 4 is 27.5 Å². The van der Waals surface area contributed by atoms with Crippen molar-refractivity contribution < 1.29 is 9.13 Å². The highest BCUT2D eigenvalue weighted by molar-refractivity contribution is 9.10. The number of benzene rings is 2. The average molecular weight is 373 g/mol. The quantitative estimate of drug-likeness (QED) is 0.802. The van der Waals surface area contributed by atoms with Crippen molar-refractivity contribution in [3.63, 3.8) is 0 Å². The van der Waals surface area contributed by atoms with Gasteiger partial charge in [-0.15, -0.1) is 0 Å². The fourth-order valence-electron chi connectivity index (χ4n) is 2.21. The first-order chi connectivity index (χ1) is 10.1. The molecule has 2 nitrogen and oxygen atoms in total. The molecule has 0 heterocycles. The van der Waals surface area contributed by atoms with Crippen molar-refractivity contribution in [1.29, 1.82) is 0 Å². The fraction of sp³-hybridized carbons (Fsp3) is 0.250. The van der Waals surface area contributed by atoms with Crippen LogP contribution in [0, 0.1) is 5.82 Å². The molecule has 21 heavy (non-hydrogen) atoms. The van der Waals surface area contributed by atoms with E-state index in [4.69, 9.17) is 16.3 Å². The van der Waals surface area contributed by atoms with Gasteiger partial charge in [0.2, 0.25) is 0 Å². The monoisotopic (exact) mass is 371 g/mol. The van der Waals surface area contributed by atoms with Gasteiger partial charge in [0.15, 0.2) is 0 Å². The van der Waals surface area contributed by atoms with Crippen LogP contribution < -0.4 is 10.1 Å². The Morgan fingerprint density at radius 1 is 1.33 bits per heavy atom. The Bertz CT molecular complexity index is 636. The van der Waals surface area contributed by atoms with Crippen molar-refractivity contribution in [3.8, 4) is 5.75 Å². The SMILES string of the molecule is CCOc1ccc(C(NC)c2cccc(F)c2Cl)cc1Br. The van der Waals surface area contributed by atoms with Crippen molar-refractivity contribution in [1.82, 2.24) is 5.32 Å². The van der Waals surface area contributed by atoms with Gasteiger partial charge in [0.25, 0.3) is 0 Å². The van der Waals surface area contributed by atoms with Crippen molar-refractivity contribution in [3.05, 3.63) is 62.8 Å². The standard InChI is InChI=1S/C16H16BrClFNO/c1-3-21-14-8-7-10(9-12(14)17)16(20-2)11-5-4-6-13(19)15(11)18/h4-9,16,20H,3H2,1-2H3. The second-order valence-electron chi connectivity index (χ2n) is 4.49. The number of hydrogen-bond donors (Lipinski definition) is 1. The van der Waals surface area contributed by atoms with E-state index < -0.39 is 5.82 Å². The van der Waals surface area contributed by atoms with Crippen LogP contribution in [0.1, 0.15) is 24.1 Å². The van der Waals surface area contributed by atoms with Gasteiger partial charge in [-0.1, -0.05) is 29.8 Å². The smallest absolute Gasteiger partial charge is 0.142 e. The summed E-state index contributed by atoms with van der Waals surface area (Å²) in [4.78, 5) is 0. The zero-order valence-corrected chi connectivity index (χ0v) is 14.1. The van der Waals surface area contributed by atoms with Crippen molar-refractivity contribution in [2.75, 3.05) is 13.7 Å². The third-order valence-corrected chi connectivity index (χ3v) is 4.19. The lowest BCUT2D eigenvalue weighted by atomic mass is 9.98. The zero-order valence-electron chi connectivity index (χ0n) is 11.8. The lowest BCUT2D eigenvalue weighted by Crippen LogP contribution is -2.18. The van der Waals surface area contributed by atoms with E-state index in [2.05, 4.69) is 21.2 Å². The number of hydrogen-bond acceptors (Lipinski definition) is 2. The number of ether oxygens (including phenoxy) is 1. The van der Waals surface area contributed by atoms with Crippen LogP contribution in [0.4, 0.5) is 4.39 Å². The minimum atomic E-state index is -0.417. The van der Waals surface area contributed by atoms with Crippen LogP contribution >= 0.6 is 27.5 Å². The zero-order chi connectivity index (χ0) is 15.4. The molecule has 5 heteroatoms. The molecule has 0 saturated heterocycles. The van der Waals surface area contributed by atoms with E-state index in [-0.39, 0.29) is 11.1 Å². The molecule has 2 aromatic carbocycles. The molecule has 0 spiro atoms.